The fourth-order valence-corrected chi connectivity index (χ4v) is 7.39. The van der Waals surface area contributed by atoms with E-state index < -0.39 is 12.7 Å². The molecule has 0 amide bonds. The van der Waals surface area contributed by atoms with Crippen molar-refractivity contribution in [2.75, 3.05) is 0 Å². The summed E-state index contributed by atoms with van der Waals surface area (Å²) in [5.74, 6) is -1.36. The van der Waals surface area contributed by atoms with Crippen LogP contribution in [0.25, 0.3) is 34.4 Å². The fraction of sp³-hybridized carbons (Fsp3) is 0.404. The second-order valence-electron chi connectivity index (χ2n) is 14.8. The highest BCUT2D eigenvalue weighted by atomic mass is 19.4. The average molecular weight is 799 g/mol. The standard InChI is InChI=1S/C24H26F4O.C23H24F4O/c1-2-3-4-5-6-7-17-8-9-19-15-22(23(25)16-20(19)14-17)18-10-12-21(13-11-18)29-24(26,27)28;1-2-3-4-5-6-16-7-8-18-14-21(22(24)15-19(18)13-16)17-9-11-20(12-10-17)28-23(25,26)27/h10-16H,2-9H2,1H3;9-15H,2-8H2,1H3. The maximum absolute atomic E-state index is 14.7. The van der Waals surface area contributed by atoms with Gasteiger partial charge in [0, 0.05) is 11.1 Å². The van der Waals surface area contributed by atoms with Crippen LogP contribution in [-0.4, -0.2) is 12.7 Å². The highest BCUT2D eigenvalue weighted by Crippen LogP contribution is 2.36. The fourth-order valence-electron chi connectivity index (χ4n) is 7.39. The highest BCUT2D eigenvalue weighted by molar-refractivity contribution is 5.72. The number of aryl methyl sites for hydroxylation is 2. The highest BCUT2D eigenvalue weighted by Gasteiger charge is 2.32. The summed E-state index contributed by atoms with van der Waals surface area (Å²) in [6.45, 7) is 4.39. The summed E-state index contributed by atoms with van der Waals surface area (Å²) in [6.07, 6.45) is 11.5. The predicted molar refractivity (Wildman–Crippen MR) is 212 cm³/mol. The van der Waals surface area contributed by atoms with Gasteiger partial charge in [-0.05, 0) is 133 Å². The van der Waals surface area contributed by atoms with E-state index in [1.165, 1.54) is 124 Å². The minimum atomic E-state index is -4.74. The number of unbranched alkanes of at least 4 members (excludes halogenated alkanes) is 7. The van der Waals surface area contributed by atoms with Gasteiger partial charge in [-0.15, -0.1) is 26.3 Å². The molecule has 0 bridgehead atoms. The van der Waals surface area contributed by atoms with Crippen LogP contribution in [0.15, 0.2) is 83.9 Å². The molecule has 4 aromatic carbocycles. The van der Waals surface area contributed by atoms with E-state index in [0.29, 0.717) is 22.3 Å². The van der Waals surface area contributed by atoms with Crippen LogP contribution in [0.1, 0.15) is 120 Å². The number of benzene rings is 4. The molecule has 0 aromatic heterocycles. The minimum absolute atomic E-state index is 0.314. The van der Waals surface area contributed by atoms with E-state index in [1.54, 1.807) is 6.07 Å². The average Bonchev–Trinajstić information content (AvgIpc) is 3.15. The van der Waals surface area contributed by atoms with Crippen molar-refractivity contribution >= 4 is 12.2 Å². The molecule has 0 unspecified atom stereocenters. The first kappa shape index (κ1) is 43.5. The second-order valence-corrected chi connectivity index (χ2v) is 14.8. The van der Waals surface area contributed by atoms with Crippen molar-refractivity contribution in [2.45, 2.75) is 123 Å². The molecule has 0 radical (unpaired) electrons. The SMILES string of the molecule is CCCCCCC1=Cc2cc(F)c(-c3ccc(OC(F)(F)F)cc3)cc2CC1.CCCCCCCC1=Cc2cc(F)c(-c3ccc(OC(F)(F)F)cc3)cc2CC1. The van der Waals surface area contributed by atoms with Crippen molar-refractivity contribution in [3.8, 4) is 33.8 Å². The maximum Gasteiger partial charge on any atom is 0.573 e. The Morgan fingerprint density at radius 1 is 0.474 bits per heavy atom. The molecular weight excluding hydrogens is 748 g/mol. The third-order valence-corrected chi connectivity index (χ3v) is 10.4. The Morgan fingerprint density at radius 2 is 0.842 bits per heavy atom. The molecule has 6 rings (SSSR count). The van der Waals surface area contributed by atoms with Crippen LogP contribution in [0.4, 0.5) is 35.1 Å². The van der Waals surface area contributed by atoms with Crippen molar-refractivity contribution in [1.29, 1.82) is 0 Å². The Labute approximate surface area is 330 Å². The lowest BCUT2D eigenvalue weighted by Gasteiger charge is -2.18. The van der Waals surface area contributed by atoms with Gasteiger partial charge in [-0.2, -0.15) is 0 Å². The van der Waals surface area contributed by atoms with Gasteiger partial charge in [0.25, 0.3) is 0 Å². The molecule has 0 saturated carbocycles. The van der Waals surface area contributed by atoms with E-state index in [2.05, 4.69) is 35.5 Å². The third-order valence-electron chi connectivity index (χ3n) is 10.4. The summed E-state index contributed by atoms with van der Waals surface area (Å²) in [4.78, 5) is 0. The van der Waals surface area contributed by atoms with Gasteiger partial charge in [-0.25, -0.2) is 8.78 Å². The topological polar surface area (TPSA) is 18.5 Å². The van der Waals surface area contributed by atoms with Crippen LogP contribution in [0.5, 0.6) is 11.5 Å². The van der Waals surface area contributed by atoms with Gasteiger partial charge >= 0.3 is 12.7 Å². The van der Waals surface area contributed by atoms with Gasteiger partial charge in [-0.1, -0.05) is 106 Å². The Bertz CT molecular complexity index is 1970. The quantitative estimate of drug-likeness (QED) is 0.0881. The zero-order valence-electron chi connectivity index (χ0n) is 32.5. The molecular formula is C47H50F8O2. The van der Waals surface area contributed by atoms with Crippen molar-refractivity contribution in [1.82, 2.24) is 0 Å². The largest absolute Gasteiger partial charge is 0.573 e. The number of rotatable bonds is 15. The number of alkyl halides is 6. The van der Waals surface area contributed by atoms with Crippen molar-refractivity contribution < 1.29 is 44.6 Å². The maximum atomic E-state index is 14.7. The Hall–Kier alpha value is -4.60. The molecule has 0 aliphatic heterocycles. The predicted octanol–water partition coefficient (Wildman–Crippen LogP) is 15.8. The Morgan fingerprint density at radius 3 is 1.21 bits per heavy atom. The van der Waals surface area contributed by atoms with Crippen LogP contribution in [0.2, 0.25) is 0 Å². The van der Waals surface area contributed by atoms with Crippen LogP contribution in [0.3, 0.4) is 0 Å². The van der Waals surface area contributed by atoms with Crippen LogP contribution in [0, 0.1) is 11.6 Å². The van der Waals surface area contributed by atoms with E-state index in [0.717, 1.165) is 60.8 Å². The molecule has 306 valence electrons. The molecule has 0 saturated heterocycles. The number of ether oxygens (including phenoxy) is 2. The number of hydrogen-bond acceptors (Lipinski definition) is 2. The number of halogens is 8. The van der Waals surface area contributed by atoms with Crippen molar-refractivity contribution in [3.05, 3.63) is 118 Å². The first-order chi connectivity index (χ1) is 27.2. The summed E-state index contributed by atoms with van der Waals surface area (Å²) in [6, 6.07) is 17.3. The molecule has 4 aromatic rings. The van der Waals surface area contributed by atoms with E-state index in [9.17, 15) is 35.1 Å². The first-order valence-corrected chi connectivity index (χ1v) is 20.0. The smallest absolute Gasteiger partial charge is 0.406 e. The van der Waals surface area contributed by atoms with Crippen molar-refractivity contribution in [2.24, 2.45) is 0 Å². The number of hydrogen-bond donors (Lipinski definition) is 0. The molecule has 2 nitrogen and oxygen atoms in total. The molecule has 10 heteroatoms. The lowest BCUT2D eigenvalue weighted by atomic mass is 9.87. The van der Waals surface area contributed by atoms with E-state index in [4.69, 9.17) is 0 Å². The van der Waals surface area contributed by atoms with E-state index in [1.807, 2.05) is 12.1 Å². The van der Waals surface area contributed by atoms with E-state index >= 15 is 0 Å². The lowest BCUT2D eigenvalue weighted by molar-refractivity contribution is -0.275. The van der Waals surface area contributed by atoms with Gasteiger partial charge < -0.3 is 9.47 Å². The van der Waals surface area contributed by atoms with Gasteiger partial charge in [0.05, 0.1) is 0 Å². The summed E-state index contributed by atoms with van der Waals surface area (Å²) in [7, 11) is 0. The van der Waals surface area contributed by atoms with Gasteiger partial charge in [0.2, 0.25) is 0 Å². The summed E-state index contributed by atoms with van der Waals surface area (Å²) in [5.41, 5.74) is 8.58. The zero-order chi connectivity index (χ0) is 41.0. The molecule has 2 aliphatic carbocycles. The summed E-state index contributed by atoms with van der Waals surface area (Å²) >= 11 is 0. The molecule has 2 aliphatic rings. The molecule has 0 spiro atoms. The normalized spacial score (nSPS) is 13.8. The molecule has 0 N–H and O–H groups in total. The second kappa shape index (κ2) is 20.2. The molecule has 0 fully saturated rings. The Kier molecular flexibility index (Phi) is 15.4. The Balaban J connectivity index is 0.000000218. The van der Waals surface area contributed by atoms with Crippen LogP contribution >= 0.6 is 0 Å². The third kappa shape index (κ3) is 13.5. The van der Waals surface area contributed by atoms with Crippen LogP contribution < -0.4 is 9.47 Å². The summed E-state index contributed by atoms with van der Waals surface area (Å²) < 4.78 is 111. The lowest BCUT2D eigenvalue weighted by Crippen LogP contribution is -2.16. The number of allylic oxidation sites excluding steroid dienone is 2. The molecule has 0 heterocycles. The monoisotopic (exact) mass is 798 g/mol. The molecule has 57 heavy (non-hydrogen) atoms. The van der Waals surface area contributed by atoms with Crippen LogP contribution in [-0.2, 0) is 12.8 Å². The zero-order valence-corrected chi connectivity index (χ0v) is 32.5. The van der Waals surface area contributed by atoms with Crippen molar-refractivity contribution in [3.63, 3.8) is 0 Å². The van der Waals surface area contributed by atoms with Gasteiger partial charge in [-0.3, -0.25) is 0 Å². The first-order valence-electron chi connectivity index (χ1n) is 20.0. The minimum Gasteiger partial charge on any atom is -0.406 e. The van der Waals surface area contributed by atoms with Gasteiger partial charge in [0.15, 0.2) is 0 Å². The molecule has 0 atom stereocenters. The summed E-state index contributed by atoms with van der Waals surface area (Å²) in [5, 5.41) is 0. The van der Waals surface area contributed by atoms with E-state index in [-0.39, 0.29) is 23.1 Å². The number of fused-ring (bicyclic) bond motifs is 2. The van der Waals surface area contributed by atoms with Gasteiger partial charge in [0.1, 0.15) is 23.1 Å².